The molecule has 0 aromatic carbocycles. The minimum atomic E-state index is 1.50. The SMILES string of the molecule is C1CCCCCCCCCCCCCCCCCCCCCCCCCCCCCCCCCCCCCCCCCCCCC1. The molecule has 0 aromatic rings. The van der Waals surface area contributed by atoms with Crippen molar-refractivity contribution in [3.05, 3.63) is 0 Å². The van der Waals surface area contributed by atoms with Crippen molar-refractivity contribution in [2.75, 3.05) is 0 Å². The van der Waals surface area contributed by atoms with Crippen molar-refractivity contribution >= 4 is 0 Å². The largest absolute Gasteiger partial charge is 0.0533 e. The molecule has 1 aliphatic carbocycles. The van der Waals surface area contributed by atoms with Gasteiger partial charge >= 0.3 is 0 Å². The van der Waals surface area contributed by atoms with E-state index in [1.807, 2.05) is 0 Å². The highest BCUT2D eigenvalue weighted by Crippen LogP contribution is 2.19. The van der Waals surface area contributed by atoms with Gasteiger partial charge in [-0.05, 0) is 0 Å². The summed E-state index contributed by atoms with van der Waals surface area (Å²) in [5.41, 5.74) is 0. The summed E-state index contributed by atoms with van der Waals surface area (Å²) in [5, 5.41) is 0. The maximum Gasteiger partial charge on any atom is -0.0533 e. The normalized spacial score (nSPS) is 24.0. The maximum atomic E-state index is 1.50. The first-order valence-corrected chi connectivity index (χ1v) is 23.0. The summed E-state index contributed by atoms with van der Waals surface area (Å²) in [7, 11) is 0. The molecule has 0 amide bonds. The lowest BCUT2D eigenvalue weighted by Crippen LogP contribution is -1.85. The van der Waals surface area contributed by atoms with E-state index in [0.717, 1.165) is 0 Å². The Bertz CT molecular complexity index is 254. The van der Waals surface area contributed by atoms with Gasteiger partial charge in [-0.25, -0.2) is 0 Å². The molecule has 0 heteroatoms. The van der Waals surface area contributed by atoms with E-state index in [0.29, 0.717) is 0 Å². The van der Waals surface area contributed by atoms with E-state index < -0.39 is 0 Å². The molecule has 0 aliphatic heterocycles. The molecule has 276 valence electrons. The van der Waals surface area contributed by atoms with Gasteiger partial charge in [0.15, 0.2) is 0 Å². The number of hydrogen-bond acceptors (Lipinski definition) is 0. The zero-order chi connectivity index (χ0) is 32.5. The molecule has 1 aliphatic rings. The van der Waals surface area contributed by atoms with Crippen molar-refractivity contribution in [2.24, 2.45) is 0 Å². The Kier molecular flexibility index (Phi) is 39.4. The lowest BCUT2D eigenvalue weighted by molar-refractivity contribution is 0.504. The summed E-state index contributed by atoms with van der Waals surface area (Å²) in [4.78, 5) is 0. The van der Waals surface area contributed by atoms with Crippen LogP contribution in [0.1, 0.15) is 295 Å². The summed E-state index contributed by atoms with van der Waals surface area (Å²) >= 11 is 0. The maximum absolute atomic E-state index is 1.50. The summed E-state index contributed by atoms with van der Waals surface area (Å²) < 4.78 is 0. The van der Waals surface area contributed by atoms with Gasteiger partial charge in [-0.2, -0.15) is 0 Å². The topological polar surface area (TPSA) is 0 Å². The molecule has 0 nitrogen and oxygen atoms in total. The van der Waals surface area contributed by atoms with Crippen molar-refractivity contribution in [2.45, 2.75) is 295 Å². The quantitative estimate of drug-likeness (QED) is 0.246. The third-order valence-electron chi connectivity index (χ3n) is 11.5. The van der Waals surface area contributed by atoms with Crippen LogP contribution < -0.4 is 0 Å². The highest BCUT2D eigenvalue weighted by molar-refractivity contribution is 4.55. The summed E-state index contributed by atoms with van der Waals surface area (Å²) in [6, 6.07) is 0. The van der Waals surface area contributed by atoms with Gasteiger partial charge in [0.2, 0.25) is 0 Å². The Morgan fingerprint density at radius 3 is 0.0870 bits per heavy atom. The van der Waals surface area contributed by atoms with Gasteiger partial charge in [-0.1, -0.05) is 295 Å². The lowest BCUT2D eigenvalue weighted by Gasteiger charge is -2.05. The summed E-state index contributed by atoms with van der Waals surface area (Å²) in [6.07, 6.45) is 69.0. The molecule has 0 spiro atoms. The molecule has 0 aromatic heterocycles. The van der Waals surface area contributed by atoms with Gasteiger partial charge in [0.05, 0.1) is 0 Å². The fraction of sp³-hybridized carbons (Fsp3) is 1.00. The fourth-order valence-electron chi connectivity index (χ4n) is 8.13. The lowest BCUT2D eigenvalue weighted by atomic mass is 10.0. The Labute approximate surface area is 294 Å². The van der Waals surface area contributed by atoms with E-state index in [1.54, 1.807) is 0 Å². The van der Waals surface area contributed by atoms with Crippen LogP contribution in [0.4, 0.5) is 0 Å². The van der Waals surface area contributed by atoms with Crippen molar-refractivity contribution in [3.63, 3.8) is 0 Å². The molecular weight excluding hydrogens is 553 g/mol. The first-order chi connectivity index (χ1) is 23.0. The first kappa shape index (κ1) is 44.0. The van der Waals surface area contributed by atoms with Crippen molar-refractivity contribution in [1.29, 1.82) is 0 Å². The smallest absolute Gasteiger partial charge is 0.0533 e. The van der Waals surface area contributed by atoms with Gasteiger partial charge in [-0.15, -0.1) is 0 Å². The van der Waals surface area contributed by atoms with Gasteiger partial charge in [0, 0.05) is 0 Å². The van der Waals surface area contributed by atoms with Crippen LogP contribution >= 0.6 is 0 Å². The zero-order valence-electron chi connectivity index (χ0n) is 32.5. The highest BCUT2D eigenvalue weighted by atomic mass is 14.1. The van der Waals surface area contributed by atoms with Crippen LogP contribution in [0.15, 0.2) is 0 Å². The minimum absolute atomic E-state index is 1.50. The van der Waals surface area contributed by atoms with Crippen molar-refractivity contribution in [1.82, 2.24) is 0 Å². The second kappa shape index (κ2) is 41.2. The first-order valence-electron chi connectivity index (χ1n) is 23.0. The molecule has 0 atom stereocenters. The van der Waals surface area contributed by atoms with Crippen molar-refractivity contribution in [3.8, 4) is 0 Å². The van der Waals surface area contributed by atoms with Crippen LogP contribution in [-0.4, -0.2) is 0 Å². The molecule has 1 saturated carbocycles. The zero-order valence-corrected chi connectivity index (χ0v) is 32.5. The monoisotopic (exact) mass is 645 g/mol. The molecule has 0 radical (unpaired) electrons. The molecule has 1 rings (SSSR count). The third kappa shape index (κ3) is 38.4. The molecular formula is C46H92. The van der Waals surface area contributed by atoms with E-state index in [-0.39, 0.29) is 0 Å². The summed E-state index contributed by atoms with van der Waals surface area (Å²) in [5.74, 6) is 0. The average molecular weight is 645 g/mol. The van der Waals surface area contributed by atoms with Crippen LogP contribution in [0.2, 0.25) is 0 Å². The average Bonchev–Trinajstić information content (AvgIpc) is 3.07. The van der Waals surface area contributed by atoms with Gasteiger partial charge in [-0.3, -0.25) is 0 Å². The van der Waals surface area contributed by atoms with Crippen LogP contribution in [0, 0.1) is 0 Å². The Morgan fingerprint density at radius 2 is 0.0652 bits per heavy atom. The van der Waals surface area contributed by atoms with Gasteiger partial charge < -0.3 is 0 Å². The molecule has 46 heavy (non-hydrogen) atoms. The Hall–Kier alpha value is 0. The van der Waals surface area contributed by atoms with Crippen LogP contribution in [0.5, 0.6) is 0 Å². The minimum Gasteiger partial charge on any atom is -0.0533 e. The van der Waals surface area contributed by atoms with E-state index >= 15 is 0 Å². The van der Waals surface area contributed by atoms with Crippen LogP contribution in [-0.2, 0) is 0 Å². The van der Waals surface area contributed by atoms with E-state index in [2.05, 4.69) is 0 Å². The second-order valence-corrected chi connectivity index (χ2v) is 16.3. The Morgan fingerprint density at radius 1 is 0.0435 bits per heavy atom. The van der Waals surface area contributed by atoms with E-state index in [9.17, 15) is 0 Å². The predicted octanol–water partition coefficient (Wildman–Crippen LogP) is 17.9. The third-order valence-corrected chi connectivity index (χ3v) is 11.5. The Balaban J connectivity index is 2.00. The molecule has 0 heterocycles. The standard InChI is InChI=1S/C46H92/c1-2-4-6-8-10-12-14-16-18-20-22-24-26-28-30-32-34-36-38-40-42-44-46-45-43-41-39-37-35-33-31-29-27-25-23-21-19-17-15-13-11-9-7-5-3-1/h1-46H2. The second-order valence-electron chi connectivity index (χ2n) is 16.3. The summed E-state index contributed by atoms with van der Waals surface area (Å²) in [6.45, 7) is 0. The highest BCUT2D eigenvalue weighted by Gasteiger charge is 1.99. The van der Waals surface area contributed by atoms with Gasteiger partial charge in [0.25, 0.3) is 0 Å². The van der Waals surface area contributed by atoms with Crippen LogP contribution in [0.3, 0.4) is 0 Å². The molecule has 0 saturated heterocycles. The van der Waals surface area contributed by atoms with E-state index in [1.165, 1.54) is 295 Å². The predicted molar refractivity (Wildman–Crippen MR) is 212 cm³/mol. The molecule has 0 unspecified atom stereocenters. The fourth-order valence-corrected chi connectivity index (χ4v) is 8.13. The van der Waals surface area contributed by atoms with Crippen molar-refractivity contribution < 1.29 is 0 Å². The van der Waals surface area contributed by atoms with Crippen LogP contribution in [0.25, 0.3) is 0 Å². The molecule has 0 bridgehead atoms. The number of hydrogen-bond donors (Lipinski definition) is 0. The molecule has 1 fully saturated rings. The van der Waals surface area contributed by atoms with E-state index in [4.69, 9.17) is 0 Å². The van der Waals surface area contributed by atoms with Gasteiger partial charge in [0.1, 0.15) is 0 Å². The molecule has 0 N–H and O–H groups in total. The number of rotatable bonds is 0.